The van der Waals surface area contributed by atoms with Crippen LogP contribution in [0, 0.1) is 0 Å². The normalized spacial score (nSPS) is 21.5. The zero-order chi connectivity index (χ0) is 20.3. The lowest BCUT2D eigenvalue weighted by Gasteiger charge is -2.35. The molecule has 1 aromatic rings. The standard InChI is InChI=1S/C27H39P/c1-18(2)21-16-24(19(3)4)27(25(17-21)20(5)6)23-14-10-11-15-26(23)28-22-12-8-7-9-13-22/h10-11,14-15,22,27-28H,7-9,12-13,16-17H2,1-6H3. The van der Waals surface area contributed by atoms with Crippen molar-refractivity contribution in [2.24, 2.45) is 0 Å². The van der Waals surface area contributed by atoms with E-state index in [4.69, 9.17) is 0 Å². The molecule has 3 rings (SSSR count). The molecule has 0 nitrogen and oxygen atoms in total. The molecular weight excluding hydrogens is 355 g/mol. The lowest BCUT2D eigenvalue weighted by atomic mass is 9.70. The first-order valence-corrected chi connectivity index (χ1v) is 12.3. The Labute approximate surface area is 175 Å². The summed E-state index contributed by atoms with van der Waals surface area (Å²) in [6, 6.07) is 9.41. The van der Waals surface area contributed by atoms with Gasteiger partial charge in [-0.25, -0.2) is 0 Å². The lowest BCUT2D eigenvalue weighted by Crippen LogP contribution is -2.22. The molecule has 0 spiro atoms. The number of allylic oxidation sites excluding steroid dienone is 6. The van der Waals surface area contributed by atoms with Gasteiger partial charge in [-0.3, -0.25) is 0 Å². The van der Waals surface area contributed by atoms with Gasteiger partial charge < -0.3 is 0 Å². The first-order valence-electron chi connectivity index (χ1n) is 11.2. The van der Waals surface area contributed by atoms with E-state index in [1.807, 2.05) is 0 Å². The summed E-state index contributed by atoms with van der Waals surface area (Å²) in [4.78, 5) is 0. The van der Waals surface area contributed by atoms with Gasteiger partial charge in [0.1, 0.15) is 0 Å². The highest BCUT2D eigenvalue weighted by Gasteiger charge is 2.31. The van der Waals surface area contributed by atoms with E-state index < -0.39 is 0 Å². The van der Waals surface area contributed by atoms with Crippen LogP contribution in [0.2, 0.25) is 0 Å². The molecule has 152 valence electrons. The van der Waals surface area contributed by atoms with Crippen LogP contribution in [0.1, 0.15) is 98.0 Å². The molecule has 1 atom stereocenters. The van der Waals surface area contributed by atoms with Gasteiger partial charge in [-0.1, -0.05) is 85.5 Å². The zero-order valence-electron chi connectivity index (χ0n) is 18.9. The highest BCUT2D eigenvalue weighted by atomic mass is 31.1. The molecule has 0 N–H and O–H groups in total. The maximum atomic E-state index is 2.44. The van der Waals surface area contributed by atoms with Gasteiger partial charge in [0.15, 0.2) is 0 Å². The van der Waals surface area contributed by atoms with Gasteiger partial charge in [0.25, 0.3) is 0 Å². The second-order valence-corrected chi connectivity index (χ2v) is 11.2. The molecule has 0 aromatic heterocycles. The predicted octanol–water partition coefficient (Wildman–Crippen LogP) is 8.21. The van der Waals surface area contributed by atoms with Crippen LogP contribution >= 0.6 is 8.58 Å². The summed E-state index contributed by atoms with van der Waals surface area (Å²) in [7, 11) is 0.975. The fourth-order valence-corrected chi connectivity index (χ4v) is 6.67. The monoisotopic (exact) mass is 394 g/mol. The summed E-state index contributed by atoms with van der Waals surface area (Å²) in [5.74, 6) is 0.491. The van der Waals surface area contributed by atoms with Gasteiger partial charge in [-0.15, -0.1) is 0 Å². The molecule has 0 radical (unpaired) electrons. The van der Waals surface area contributed by atoms with Crippen LogP contribution in [0.15, 0.2) is 57.7 Å². The molecular formula is C27H39P. The van der Waals surface area contributed by atoms with Gasteiger partial charge >= 0.3 is 0 Å². The van der Waals surface area contributed by atoms with Crippen LogP contribution in [-0.4, -0.2) is 5.66 Å². The van der Waals surface area contributed by atoms with Crippen LogP contribution in [0.4, 0.5) is 0 Å². The highest BCUT2D eigenvalue weighted by Crippen LogP contribution is 2.47. The summed E-state index contributed by atoms with van der Waals surface area (Å²) in [6.07, 6.45) is 9.51. The smallest absolute Gasteiger partial charge is 0.0275 e. The molecule has 2 saturated carbocycles. The van der Waals surface area contributed by atoms with Gasteiger partial charge in [0.05, 0.1) is 0 Å². The van der Waals surface area contributed by atoms with Crippen LogP contribution in [0.5, 0.6) is 0 Å². The second kappa shape index (κ2) is 9.58. The van der Waals surface area contributed by atoms with E-state index in [9.17, 15) is 0 Å². The molecule has 2 aliphatic carbocycles. The number of hydrogen-bond donors (Lipinski definition) is 0. The molecule has 0 bridgehead atoms. The van der Waals surface area contributed by atoms with E-state index in [2.05, 4.69) is 65.8 Å². The summed E-state index contributed by atoms with van der Waals surface area (Å²) in [5, 5.41) is 1.64. The molecule has 1 unspecified atom stereocenters. The molecule has 2 fully saturated rings. The Bertz CT molecular complexity index is 757. The molecule has 0 amide bonds. The molecule has 1 heteroatoms. The SMILES string of the molecule is CC(C)=C1CC(=C(C)C)C(c2ccccc2PC2CCCCC2)C(=C(C)C)C1. The van der Waals surface area contributed by atoms with Crippen molar-refractivity contribution in [2.45, 2.75) is 98.1 Å². The largest absolute Gasteiger partial charge is 0.0869 e. The van der Waals surface area contributed by atoms with Crippen molar-refractivity contribution in [2.75, 3.05) is 0 Å². The molecule has 2 aliphatic rings. The van der Waals surface area contributed by atoms with Crippen molar-refractivity contribution in [1.82, 2.24) is 0 Å². The Kier molecular flexibility index (Phi) is 7.38. The minimum absolute atomic E-state index is 0.491. The molecule has 28 heavy (non-hydrogen) atoms. The fraction of sp³-hybridized carbons (Fsp3) is 0.556. The minimum atomic E-state index is 0.491. The quantitative estimate of drug-likeness (QED) is 0.358. The topological polar surface area (TPSA) is 0 Å². The lowest BCUT2D eigenvalue weighted by molar-refractivity contribution is 0.514. The second-order valence-electron chi connectivity index (χ2n) is 9.51. The first-order chi connectivity index (χ1) is 13.4. The number of rotatable bonds is 3. The third kappa shape index (κ3) is 4.88. The van der Waals surface area contributed by atoms with Crippen molar-refractivity contribution in [1.29, 1.82) is 0 Å². The summed E-state index contributed by atoms with van der Waals surface area (Å²) in [5.41, 5.74) is 12.0. The zero-order valence-corrected chi connectivity index (χ0v) is 19.9. The van der Waals surface area contributed by atoms with Crippen molar-refractivity contribution in [3.8, 4) is 0 Å². The highest BCUT2D eigenvalue weighted by molar-refractivity contribution is 7.48. The third-order valence-electron chi connectivity index (χ3n) is 6.73. The Morgan fingerprint density at radius 1 is 0.750 bits per heavy atom. The van der Waals surface area contributed by atoms with Crippen LogP contribution in [-0.2, 0) is 0 Å². The van der Waals surface area contributed by atoms with Crippen molar-refractivity contribution in [3.05, 3.63) is 63.3 Å². The third-order valence-corrected chi connectivity index (χ3v) is 8.48. The van der Waals surface area contributed by atoms with Crippen molar-refractivity contribution < 1.29 is 0 Å². The van der Waals surface area contributed by atoms with E-state index in [-0.39, 0.29) is 0 Å². The predicted molar refractivity (Wildman–Crippen MR) is 128 cm³/mol. The average Bonchev–Trinajstić information content (AvgIpc) is 2.68. The van der Waals surface area contributed by atoms with Crippen molar-refractivity contribution >= 4 is 13.9 Å². The summed E-state index contributed by atoms with van der Waals surface area (Å²) in [6.45, 7) is 13.9. The minimum Gasteiger partial charge on any atom is -0.0869 e. The Morgan fingerprint density at radius 2 is 1.32 bits per heavy atom. The average molecular weight is 395 g/mol. The van der Waals surface area contributed by atoms with E-state index in [1.54, 1.807) is 27.6 Å². The van der Waals surface area contributed by atoms with Gasteiger partial charge in [-0.05, 0) is 83.8 Å². The van der Waals surface area contributed by atoms with E-state index >= 15 is 0 Å². The van der Waals surface area contributed by atoms with Gasteiger partial charge in [-0.2, -0.15) is 0 Å². The Balaban J connectivity index is 2.06. The van der Waals surface area contributed by atoms with Crippen LogP contribution in [0.3, 0.4) is 0 Å². The van der Waals surface area contributed by atoms with Crippen LogP contribution < -0.4 is 5.30 Å². The Hall–Kier alpha value is -1.13. The van der Waals surface area contributed by atoms with E-state index in [0.29, 0.717) is 5.92 Å². The number of hydrogen-bond acceptors (Lipinski definition) is 0. The van der Waals surface area contributed by atoms with Crippen LogP contribution in [0.25, 0.3) is 0 Å². The summed E-state index contributed by atoms with van der Waals surface area (Å²) < 4.78 is 0. The molecule has 1 aromatic carbocycles. The molecule has 0 heterocycles. The fourth-order valence-electron chi connectivity index (χ4n) is 4.94. The maximum Gasteiger partial charge on any atom is 0.0275 e. The molecule has 0 saturated heterocycles. The maximum absolute atomic E-state index is 2.44. The van der Waals surface area contributed by atoms with Gasteiger partial charge in [0.2, 0.25) is 0 Å². The first kappa shape index (κ1) is 21.6. The van der Waals surface area contributed by atoms with Gasteiger partial charge in [0, 0.05) is 5.92 Å². The Morgan fingerprint density at radius 3 is 1.86 bits per heavy atom. The number of benzene rings is 1. The molecule has 0 aliphatic heterocycles. The summed E-state index contributed by atoms with van der Waals surface area (Å²) >= 11 is 0. The van der Waals surface area contributed by atoms with E-state index in [1.165, 1.54) is 48.8 Å². The van der Waals surface area contributed by atoms with Crippen molar-refractivity contribution in [3.63, 3.8) is 0 Å². The van der Waals surface area contributed by atoms with E-state index in [0.717, 1.165) is 27.1 Å².